The van der Waals surface area contributed by atoms with Gasteiger partial charge in [-0.05, 0) is 74.9 Å². The van der Waals surface area contributed by atoms with Gasteiger partial charge in [-0.25, -0.2) is 19.6 Å². The maximum Gasteiger partial charge on any atom is 0.331 e. The van der Waals surface area contributed by atoms with E-state index in [-0.39, 0.29) is 25.7 Å². The van der Waals surface area contributed by atoms with Crippen molar-refractivity contribution in [3.05, 3.63) is 66.5 Å². The summed E-state index contributed by atoms with van der Waals surface area (Å²) in [5.41, 5.74) is 8.46. The maximum atomic E-state index is 15.8. The lowest BCUT2D eigenvalue weighted by Gasteiger charge is -2.39. The number of alkyl halides is 1. The fourth-order valence-corrected chi connectivity index (χ4v) is 9.56. The number of methoxy groups -OCH3 is 1. The monoisotopic (exact) mass is 928 g/mol. The number of hydrogen-bond acceptors (Lipinski definition) is 12. The lowest BCUT2D eigenvalue weighted by Crippen LogP contribution is -2.63. The lowest BCUT2D eigenvalue weighted by atomic mass is 9.84. The van der Waals surface area contributed by atoms with Gasteiger partial charge in [-0.2, -0.15) is 0 Å². The summed E-state index contributed by atoms with van der Waals surface area (Å²) >= 11 is 0. The molecule has 4 amide bonds. The van der Waals surface area contributed by atoms with Crippen molar-refractivity contribution in [2.24, 2.45) is 11.3 Å². The molecule has 18 nitrogen and oxygen atoms in total. The molecule has 19 heteroatoms. The summed E-state index contributed by atoms with van der Waals surface area (Å²) < 4.78 is 37.4. The quantitative estimate of drug-likeness (QED) is 0.165. The van der Waals surface area contributed by atoms with E-state index >= 15 is 4.39 Å². The number of imidazole rings is 1. The van der Waals surface area contributed by atoms with E-state index in [2.05, 4.69) is 70.2 Å². The SMILES string of the molecule is CCn1c(-c2cccnc2[C@H](C)OC)c2c3cc(ccc31)N1CCO[C@@H](C[C@H](NC(=O)[C@H](C(C)C)N(C)C(=O)C(F)N(C)C(=O)n3ccnc3)C(=O)N3CCC[C@H](N3)C(=O)OCC(C)(C)C2)C1. The number of carbonyl (C=O) groups is 5. The van der Waals surface area contributed by atoms with E-state index in [0.29, 0.717) is 50.4 Å². The number of carbonyl (C=O) groups excluding carboxylic acids is 5. The summed E-state index contributed by atoms with van der Waals surface area (Å²) in [6.45, 7) is 14.0. The number of amides is 4. The smallest absolute Gasteiger partial charge is 0.331 e. The van der Waals surface area contributed by atoms with Gasteiger partial charge in [0.05, 0.1) is 36.8 Å². The fourth-order valence-electron chi connectivity index (χ4n) is 9.56. The number of esters is 1. The van der Waals surface area contributed by atoms with E-state index in [1.54, 1.807) is 27.2 Å². The van der Waals surface area contributed by atoms with Crippen LogP contribution >= 0.6 is 0 Å². The highest BCUT2D eigenvalue weighted by Gasteiger charge is 2.41. The number of benzene rings is 1. The summed E-state index contributed by atoms with van der Waals surface area (Å²) in [6.07, 6.45) is 3.92. The molecule has 6 atom stereocenters. The number of halogens is 1. The molecule has 3 aliphatic heterocycles. The number of pyridine rings is 1. The molecule has 362 valence electrons. The average Bonchev–Trinajstić information content (AvgIpc) is 3.98. The van der Waals surface area contributed by atoms with Crippen LogP contribution in [0.25, 0.3) is 22.2 Å². The molecule has 6 bridgehead atoms. The molecule has 1 aromatic carbocycles. The minimum atomic E-state index is -2.43. The molecule has 2 fully saturated rings. The summed E-state index contributed by atoms with van der Waals surface area (Å²) in [5, 5.41) is 5.31. The first-order valence-corrected chi connectivity index (χ1v) is 23.1. The Labute approximate surface area is 391 Å². The Morgan fingerprint density at radius 1 is 1.09 bits per heavy atom. The van der Waals surface area contributed by atoms with Gasteiger partial charge in [0.15, 0.2) is 0 Å². The zero-order valence-corrected chi connectivity index (χ0v) is 40.0. The van der Waals surface area contributed by atoms with Gasteiger partial charge in [-0.1, -0.05) is 27.7 Å². The highest BCUT2D eigenvalue weighted by Crippen LogP contribution is 2.42. The van der Waals surface area contributed by atoms with Gasteiger partial charge in [0.2, 0.25) is 5.91 Å². The van der Waals surface area contributed by atoms with Gasteiger partial charge in [0.1, 0.15) is 24.5 Å². The van der Waals surface area contributed by atoms with Crippen LogP contribution in [0, 0.1) is 11.3 Å². The number of nitrogens with one attached hydrogen (secondary N) is 2. The first-order chi connectivity index (χ1) is 31.9. The van der Waals surface area contributed by atoms with Crippen LogP contribution in [-0.4, -0.2) is 148 Å². The molecule has 1 unspecified atom stereocenters. The number of ether oxygens (including phenoxy) is 3. The normalized spacial score (nSPS) is 21.6. The zero-order valence-electron chi connectivity index (χ0n) is 40.0. The summed E-state index contributed by atoms with van der Waals surface area (Å²) in [7, 11) is 4.11. The van der Waals surface area contributed by atoms with E-state index in [0.717, 1.165) is 55.6 Å². The Hall–Kier alpha value is -5.92. The number of cyclic esters (lactones) is 1. The summed E-state index contributed by atoms with van der Waals surface area (Å²) in [6, 6.07) is 6.35. The number of anilines is 1. The van der Waals surface area contributed by atoms with E-state index in [1.807, 2.05) is 13.0 Å². The van der Waals surface area contributed by atoms with Crippen LogP contribution in [0.4, 0.5) is 14.9 Å². The molecule has 6 heterocycles. The predicted octanol–water partition coefficient (Wildman–Crippen LogP) is 4.71. The largest absolute Gasteiger partial charge is 0.464 e. The number of aromatic nitrogens is 4. The molecule has 0 spiro atoms. The third kappa shape index (κ3) is 10.3. The highest BCUT2D eigenvalue weighted by molar-refractivity contribution is 5.96. The summed E-state index contributed by atoms with van der Waals surface area (Å²) in [5.74, 6) is -3.37. The van der Waals surface area contributed by atoms with Gasteiger partial charge in [0.25, 0.3) is 18.1 Å². The number of nitrogens with zero attached hydrogens (tertiary/aromatic N) is 8. The lowest BCUT2D eigenvalue weighted by molar-refractivity contribution is -0.156. The number of fused-ring (bicyclic) bond motifs is 6. The molecule has 2 N–H and O–H groups in total. The molecular weight excluding hydrogens is 864 g/mol. The van der Waals surface area contributed by atoms with Crippen LogP contribution in [-0.2, 0) is 46.4 Å². The Bertz CT molecular complexity index is 2440. The molecule has 0 aliphatic carbocycles. The minimum absolute atomic E-state index is 0.0459. The molecule has 3 aliphatic rings. The number of likely N-dealkylation sites (N-methyl/N-ethyl adjacent to an activating group) is 2. The Kier molecular flexibility index (Phi) is 15.0. The zero-order chi connectivity index (χ0) is 48.3. The van der Waals surface area contributed by atoms with E-state index in [4.69, 9.17) is 19.2 Å². The van der Waals surface area contributed by atoms with Gasteiger partial charge < -0.3 is 33.9 Å². The van der Waals surface area contributed by atoms with Crippen molar-refractivity contribution in [1.82, 2.24) is 44.7 Å². The number of morpholine rings is 1. The van der Waals surface area contributed by atoms with Crippen LogP contribution in [0.3, 0.4) is 0 Å². The number of hydrazine groups is 1. The fraction of sp³-hybridized carbons (Fsp3) is 0.562. The van der Waals surface area contributed by atoms with Gasteiger partial charge in [-0.3, -0.25) is 38.6 Å². The molecule has 0 saturated carbocycles. The molecule has 67 heavy (non-hydrogen) atoms. The van der Waals surface area contributed by atoms with Crippen LogP contribution in [0.5, 0.6) is 0 Å². The number of hydrogen-bond donors (Lipinski definition) is 2. The summed E-state index contributed by atoms with van der Waals surface area (Å²) in [4.78, 5) is 81.9. The van der Waals surface area contributed by atoms with Gasteiger partial charge >= 0.3 is 12.0 Å². The van der Waals surface area contributed by atoms with Crippen LogP contribution in [0.15, 0.2) is 55.2 Å². The van der Waals surface area contributed by atoms with E-state index in [9.17, 15) is 24.0 Å². The van der Waals surface area contributed by atoms with Gasteiger partial charge in [0, 0.05) is 100.0 Å². The molecule has 2 saturated heterocycles. The number of rotatable bonds is 10. The molecule has 4 aromatic rings. The standard InChI is InChI=1S/C48H65FN10O8/c1-10-58-38-16-15-31-23-34(38)35(41(58)33-13-11-17-51-39(33)30(4)65-9)25-48(5,6)27-67-46(63)36-14-12-19-59(53-36)44(61)37(24-32-26-56(31)21-22-66-32)52-43(60)40(29(2)3)54(7)45(62)42(49)55(8)47(64)57-20-18-50-28-57/h11,13,15-18,20,23,28-30,32,36-37,40,42,53H,10,12,14,19,21-22,24-27H2,1-9H3,(H,52,60)/t30-,32-,36-,37-,40-,42?/m0/s1. The third-order valence-electron chi connectivity index (χ3n) is 13.2. The molecule has 0 radical (unpaired) electrons. The van der Waals surface area contributed by atoms with Crippen molar-refractivity contribution < 1.29 is 42.6 Å². The molecule has 3 aromatic heterocycles. The van der Waals surface area contributed by atoms with Crippen LogP contribution < -0.4 is 15.6 Å². The van der Waals surface area contributed by atoms with Gasteiger partial charge in [-0.15, -0.1) is 0 Å². The third-order valence-corrected chi connectivity index (χ3v) is 13.2. The average molecular weight is 929 g/mol. The van der Waals surface area contributed by atoms with Crippen molar-refractivity contribution in [3.8, 4) is 11.3 Å². The van der Waals surface area contributed by atoms with Crippen molar-refractivity contribution in [3.63, 3.8) is 0 Å². The van der Waals surface area contributed by atoms with E-state index in [1.165, 1.54) is 30.8 Å². The Morgan fingerprint density at radius 3 is 2.57 bits per heavy atom. The van der Waals surface area contributed by atoms with Crippen LogP contribution in [0.1, 0.15) is 78.2 Å². The second-order valence-electron chi connectivity index (χ2n) is 18.9. The van der Waals surface area contributed by atoms with Crippen molar-refractivity contribution >= 4 is 46.3 Å². The second kappa shape index (κ2) is 20.5. The number of aryl methyl sites for hydroxylation is 1. The van der Waals surface area contributed by atoms with Crippen molar-refractivity contribution in [1.29, 1.82) is 0 Å². The predicted molar refractivity (Wildman–Crippen MR) is 248 cm³/mol. The molecule has 7 rings (SSSR count). The topological polar surface area (TPSA) is 186 Å². The first kappa shape index (κ1) is 49.0. The van der Waals surface area contributed by atoms with E-state index < -0.39 is 71.6 Å². The van der Waals surface area contributed by atoms with Crippen molar-refractivity contribution in [2.45, 2.75) is 110 Å². The van der Waals surface area contributed by atoms with Crippen LogP contribution in [0.2, 0.25) is 0 Å². The Morgan fingerprint density at radius 2 is 1.87 bits per heavy atom. The molecular formula is C48H65FN10O8. The van der Waals surface area contributed by atoms with Crippen molar-refractivity contribution in [2.75, 3.05) is 59.0 Å². The minimum Gasteiger partial charge on any atom is -0.464 e. The second-order valence-corrected chi connectivity index (χ2v) is 18.9. The highest BCUT2D eigenvalue weighted by atomic mass is 19.1. The Balaban J connectivity index is 1.24. The first-order valence-electron chi connectivity index (χ1n) is 23.1. The maximum absolute atomic E-state index is 15.8.